The Labute approximate surface area is 170 Å². The van der Waals surface area contributed by atoms with Gasteiger partial charge < -0.3 is 15.2 Å². The number of phenols is 1. The normalized spacial score (nSPS) is 10.5. The Bertz CT molecular complexity index is 1030. The van der Waals surface area contributed by atoms with E-state index in [4.69, 9.17) is 40.2 Å². The van der Waals surface area contributed by atoms with Crippen LogP contribution in [0.15, 0.2) is 48.5 Å². The van der Waals surface area contributed by atoms with Gasteiger partial charge in [0.2, 0.25) is 0 Å². The van der Waals surface area contributed by atoms with Crippen LogP contribution in [0, 0.1) is 0 Å². The molecule has 27 heavy (non-hydrogen) atoms. The number of nitrogens with one attached hydrogen (secondary N) is 2. The van der Waals surface area contributed by atoms with Crippen LogP contribution in [0.25, 0.3) is 10.8 Å². The largest absolute Gasteiger partial charge is 0.508 e. The first-order chi connectivity index (χ1) is 12.9. The van der Waals surface area contributed by atoms with Crippen LogP contribution in [-0.2, 0) is 0 Å². The molecule has 0 saturated heterocycles. The zero-order chi connectivity index (χ0) is 19.6. The Morgan fingerprint density at radius 2 is 1.81 bits per heavy atom. The molecule has 3 aromatic rings. The van der Waals surface area contributed by atoms with E-state index in [2.05, 4.69) is 10.6 Å². The van der Waals surface area contributed by atoms with Crippen molar-refractivity contribution in [2.45, 2.75) is 0 Å². The molecule has 0 unspecified atom stereocenters. The van der Waals surface area contributed by atoms with Crippen molar-refractivity contribution < 1.29 is 14.6 Å². The Morgan fingerprint density at radius 1 is 1.11 bits per heavy atom. The summed E-state index contributed by atoms with van der Waals surface area (Å²) in [5.41, 5.74) is 0.946. The Morgan fingerprint density at radius 3 is 2.48 bits per heavy atom. The van der Waals surface area contributed by atoms with Gasteiger partial charge in [-0.05, 0) is 54.0 Å². The second-order valence-corrected chi connectivity index (χ2v) is 6.82. The first-order valence-electron chi connectivity index (χ1n) is 7.76. The fraction of sp³-hybridized carbons (Fsp3) is 0.0526. The number of rotatable bonds is 3. The van der Waals surface area contributed by atoms with Crippen LogP contribution in [-0.4, -0.2) is 23.2 Å². The second kappa shape index (κ2) is 8.00. The number of fused-ring (bicyclic) bond motifs is 1. The summed E-state index contributed by atoms with van der Waals surface area (Å²) in [5.74, 6) is 0.00946. The summed E-state index contributed by atoms with van der Waals surface area (Å²) in [6, 6.07) is 13.4. The maximum Gasteiger partial charge on any atom is 0.257 e. The number of benzene rings is 3. The Hall–Kier alpha value is -2.54. The van der Waals surface area contributed by atoms with E-state index in [1.54, 1.807) is 18.2 Å². The van der Waals surface area contributed by atoms with Crippen molar-refractivity contribution in [3.8, 4) is 11.5 Å². The van der Waals surface area contributed by atoms with Crippen molar-refractivity contribution in [2.24, 2.45) is 0 Å². The lowest BCUT2D eigenvalue weighted by atomic mass is 10.1. The van der Waals surface area contributed by atoms with Gasteiger partial charge in [0, 0.05) is 16.6 Å². The predicted molar refractivity (Wildman–Crippen MR) is 112 cm³/mol. The number of hydrogen-bond donors (Lipinski definition) is 3. The highest BCUT2D eigenvalue weighted by Gasteiger charge is 2.15. The molecule has 1 amide bonds. The number of carbonyl (C=O) groups is 1. The highest BCUT2D eigenvalue weighted by Crippen LogP contribution is 2.33. The van der Waals surface area contributed by atoms with Crippen molar-refractivity contribution in [3.05, 3.63) is 64.1 Å². The lowest BCUT2D eigenvalue weighted by Gasteiger charge is -2.13. The molecular weight excluding hydrogens is 407 g/mol. The van der Waals surface area contributed by atoms with E-state index in [0.717, 1.165) is 10.8 Å². The van der Waals surface area contributed by atoms with Crippen molar-refractivity contribution in [1.82, 2.24) is 5.32 Å². The number of ether oxygens (including phenoxy) is 1. The molecule has 138 valence electrons. The van der Waals surface area contributed by atoms with Crippen LogP contribution in [0.5, 0.6) is 11.5 Å². The van der Waals surface area contributed by atoms with Gasteiger partial charge in [-0.3, -0.25) is 10.1 Å². The molecule has 0 aliphatic carbocycles. The molecule has 0 aliphatic heterocycles. The third kappa shape index (κ3) is 4.24. The number of carbonyl (C=O) groups excluding carboxylic acids is 1. The molecule has 0 aliphatic rings. The second-order valence-electron chi connectivity index (χ2n) is 5.59. The quantitative estimate of drug-likeness (QED) is 0.520. The Balaban J connectivity index is 1.78. The molecule has 3 aromatic carbocycles. The minimum atomic E-state index is -0.461. The van der Waals surface area contributed by atoms with Crippen LogP contribution in [0.4, 0.5) is 5.69 Å². The van der Waals surface area contributed by atoms with E-state index < -0.39 is 5.91 Å². The SMILES string of the molecule is COc1c(Cl)cc(C(=O)NC(=S)Nc2cccc3cc(O)ccc23)cc1Cl. The standard InChI is InChI=1S/C19H14Cl2N2O3S/c1-26-17-14(20)8-11(9-15(17)21)18(25)23-19(27)22-16-4-2-3-10-7-12(24)5-6-13(10)16/h2-9,24H,1H3,(H2,22,23,25,27). The zero-order valence-electron chi connectivity index (χ0n) is 14.0. The third-order valence-corrected chi connectivity index (χ3v) is 4.57. The number of halogens is 2. The average molecular weight is 421 g/mol. The van der Waals surface area contributed by atoms with E-state index in [-0.39, 0.29) is 26.5 Å². The molecule has 5 nitrogen and oxygen atoms in total. The predicted octanol–water partition coefficient (Wildman–Crippen LogP) is 4.99. The lowest BCUT2D eigenvalue weighted by molar-refractivity contribution is 0.0977. The fourth-order valence-corrected chi connectivity index (χ4v) is 3.44. The van der Waals surface area contributed by atoms with E-state index in [1.165, 1.54) is 19.2 Å². The highest BCUT2D eigenvalue weighted by molar-refractivity contribution is 7.80. The maximum atomic E-state index is 12.4. The minimum Gasteiger partial charge on any atom is -0.508 e. The van der Waals surface area contributed by atoms with Gasteiger partial charge in [-0.2, -0.15) is 0 Å². The summed E-state index contributed by atoms with van der Waals surface area (Å²) in [7, 11) is 1.44. The molecular formula is C19H14Cl2N2O3S. The number of amides is 1. The molecule has 8 heteroatoms. The molecule has 0 heterocycles. The van der Waals surface area contributed by atoms with E-state index in [0.29, 0.717) is 11.4 Å². The van der Waals surface area contributed by atoms with E-state index in [9.17, 15) is 9.90 Å². The van der Waals surface area contributed by atoms with Crippen molar-refractivity contribution in [2.75, 3.05) is 12.4 Å². The number of anilines is 1. The number of hydrogen-bond acceptors (Lipinski definition) is 4. The fourth-order valence-electron chi connectivity index (χ4n) is 2.59. The van der Waals surface area contributed by atoms with Crippen LogP contribution < -0.4 is 15.4 Å². The van der Waals surface area contributed by atoms with Crippen molar-refractivity contribution >= 4 is 62.9 Å². The summed E-state index contributed by atoms with van der Waals surface area (Å²) in [5, 5.41) is 17.4. The van der Waals surface area contributed by atoms with Crippen LogP contribution in [0.2, 0.25) is 10.0 Å². The maximum absolute atomic E-state index is 12.4. The van der Waals surface area contributed by atoms with Crippen LogP contribution in [0.1, 0.15) is 10.4 Å². The van der Waals surface area contributed by atoms with E-state index >= 15 is 0 Å². The molecule has 0 atom stereocenters. The number of aromatic hydroxyl groups is 1. The number of thiocarbonyl (C=S) groups is 1. The van der Waals surface area contributed by atoms with Gasteiger partial charge in [-0.1, -0.05) is 35.3 Å². The topological polar surface area (TPSA) is 70.6 Å². The molecule has 0 aromatic heterocycles. The van der Waals surface area contributed by atoms with Gasteiger partial charge in [0.15, 0.2) is 10.9 Å². The lowest BCUT2D eigenvalue weighted by Crippen LogP contribution is -2.34. The van der Waals surface area contributed by atoms with Gasteiger partial charge in [-0.25, -0.2) is 0 Å². The van der Waals surface area contributed by atoms with Crippen LogP contribution >= 0.6 is 35.4 Å². The smallest absolute Gasteiger partial charge is 0.257 e. The summed E-state index contributed by atoms with van der Waals surface area (Å²) in [4.78, 5) is 12.4. The molecule has 3 N–H and O–H groups in total. The number of phenolic OH excluding ortho intramolecular Hbond substituents is 1. The first-order valence-corrected chi connectivity index (χ1v) is 8.92. The average Bonchev–Trinajstić information content (AvgIpc) is 2.61. The van der Waals surface area contributed by atoms with Crippen molar-refractivity contribution in [1.29, 1.82) is 0 Å². The Kier molecular flexibility index (Phi) is 5.70. The number of methoxy groups -OCH3 is 1. The van der Waals surface area contributed by atoms with Gasteiger partial charge in [0.1, 0.15) is 5.75 Å². The molecule has 0 spiro atoms. The molecule has 0 radical (unpaired) electrons. The molecule has 0 fully saturated rings. The van der Waals surface area contributed by atoms with Gasteiger partial charge in [0.25, 0.3) is 5.91 Å². The molecule has 0 saturated carbocycles. The summed E-state index contributed by atoms with van der Waals surface area (Å²) in [6.07, 6.45) is 0. The zero-order valence-corrected chi connectivity index (χ0v) is 16.4. The molecule has 0 bridgehead atoms. The summed E-state index contributed by atoms with van der Waals surface area (Å²) < 4.78 is 5.07. The van der Waals surface area contributed by atoms with Gasteiger partial charge >= 0.3 is 0 Å². The van der Waals surface area contributed by atoms with Crippen molar-refractivity contribution in [3.63, 3.8) is 0 Å². The highest BCUT2D eigenvalue weighted by atomic mass is 35.5. The summed E-state index contributed by atoms with van der Waals surface area (Å²) >= 11 is 17.4. The summed E-state index contributed by atoms with van der Waals surface area (Å²) in [6.45, 7) is 0. The minimum absolute atomic E-state index is 0.114. The monoisotopic (exact) mass is 420 g/mol. The first kappa shape index (κ1) is 19.2. The van der Waals surface area contributed by atoms with Crippen LogP contribution in [0.3, 0.4) is 0 Å². The third-order valence-electron chi connectivity index (χ3n) is 3.80. The molecule has 3 rings (SSSR count). The van der Waals surface area contributed by atoms with Gasteiger partial charge in [0.05, 0.1) is 17.2 Å². The van der Waals surface area contributed by atoms with Gasteiger partial charge in [-0.15, -0.1) is 0 Å². The van der Waals surface area contributed by atoms with E-state index in [1.807, 2.05) is 18.2 Å².